The lowest BCUT2D eigenvalue weighted by molar-refractivity contribution is -0.126. The van der Waals surface area contributed by atoms with Crippen LogP contribution in [0.15, 0.2) is 48.8 Å². The predicted octanol–water partition coefficient (Wildman–Crippen LogP) is 3.89. The van der Waals surface area contributed by atoms with Gasteiger partial charge in [0.05, 0.1) is 40.1 Å². The summed E-state index contributed by atoms with van der Waals surface area (Å²) in [5.74, 6) is -0.0640. The lowest BCUT2D eigenvalue weighted by atomic mass is 10.1. The largest absolute Gasteiger partial charge is 0.337 e. The summed E-state index contributed by atoms with van der Waals surface area (Å²) in [6.45, 7) is 2.79. The summed E-state index contributed by atoms with van der Waals surface area (Å²) in [5.41, 5.74) is 1.74. The molecule has 2 aromatic heterocycles. The molecule has 0 bridgehead atoms. The quantitative estimate of drug-likeness (QED) is 0.491. The lowest BCUT2D eigenvalue weighted by Crippen LogP contribution is -2.35. The maximum atomic E-state index is 13.4. The summed E-state index contributed by atoms with van der Waals surface area (Å²) in [5, 5.41) is 10.9. The van der Waals surface area contributed by atoms with Gasteiger partial charge in [-0.15, -0.1) is 0 Å². The van der Waals surface area contributed by atoms with Crippen LogP contribution in [0.1, 0.15) is 42.1 Å². The number of benzene rings is 1. The molecule has 2 aliphatic rings. The van der Waals surface area contributed by atoms with Gasteiger partial charge in [-0.25, -0.2) is 9.37 Å². The first kappa shape index (κ1) is 25.3. The van der Waals surface area contributed by atoms with E-state index in [-0.39, 0.29) is 17.9 Å². The Morgan fingerprint density at radius 1 is 1.14 bits per heavy atom. The molecule has 2 unspecified atom stereocenters. The van der Waals surface area contributed by atoms with Crippen molar-refractivity contribution in [1.29, 1.82) is 0 Å². The number of nitrogens with one attached hydrogen (secondary N) is 1. The van der Waals surface area contributed by atoms with Crippen LogP contribution in [-0.2, 0) is 4.79 Å². The van der Waals surface area contributed by atoms with Gasteiger partial charge in [0.15, 0.2) is 0 Å². The van der Waals surface area contributed by atoms with E-state index in [1.165, 1.54) is 12.4 Å². The molecule has 9 nitrogen and oxygen atoms in total. The molecule has 1 aromatic carbocycles. The van der Waals surface area contributed by atoms with Gasteiger partial charge in [0, 0.05) is 38.8 Å². The normalized spacial score (nSPS) is 21.0. The molecule has 0 saturated carbocycles. The van der Waals surface area contributed by atoms with E-state index in [0.717, 1.165) is 24.8 Å². The van der Waals surface area contributed by atoms with Crippen LogP contribution in [0.5, 0.6) is 0 Å². The van der Waals surface area contributed by atoms with E-state index in [1.54, 1.807) is 18.2 Å². The Morgan fingerprint density at radius 2 is 2.03 bits per heavy atom. The van der Waals surface area contributed by atoms with Gasteiger partial charge in [-0.2, -0.15) is 10.2 Å². The van der Waals surface area contributed by atoms with Crippen LogP contribution in [0.4, 0.5) is 10.3 Å². The minimum Gasteiger partial charge on any atom is -0.337 e. The summed E-state index contributed by atoms with van der Waals surface area (Å²) in [6.07, 6.45) is 8.61. The molecular weight excluding hydrogens is 497 g/mol. The third-order valence-corrected chi connectivity index (χ3v) is 7.20. The number of imidazole rings is 1. The first-order chi connectivity index (χ1) is 18.0. The van der Waals surface area contributed by atoms with Gasteiger partial charge >= 0.3 is 0 Å². The standard InChI is InChI=1S/C26H29ClFN7O2/c27-21-6-3-7-22-24(21)35(26(31-22)32-25(37)18-9-11-29-30-15-18)20-5-1-2-13-34(17-20)23(36)8-4-12-33-14-10-19(28)16-33/h3-4,6-9,11,15,19-20H,1-2,5,10,12-14,16-17H2,(H,31,32,37). The maximum absolute atomic E-state index is 13.4. The first-order valence-corrected chi connectivity index (χ1v) is 12.9. The molecule has 0 radical (unpaired) electrons. The Morgan fingerprint density at radius 3 is 2.81 bits per heavy atom. The number of amides is 2. The molecule has 2 amide bonds. The number of aromatic nitrogens is 4. The van der Waals surface area contributed by atoms with Crippen LogP contribution in [0.2, 0.25) is 5.02 Å². The molecule has 37 heavy (non-hydrogen) atoms. The van der Waals surface area contributed by atoms with Crippen molar-refractivity contribution in [2.75, 3.05) is 38.0 Å². The highest BCUT2D eigenvalue weighted by molar-refractivity contribution is 6.35. The fourth-order valence-electron chi connectivity index (χ4n) is 5.04. The van der Waals surface area contributed by atoms with Gasteiger partial charge in [0.25, 0.3) is 5.91 Å². The van der Waals surface area contributed by atoms with Crippen molar-refractivity contribution < 1.29 is 14.0 Å². The summed E-state index contributed by atoms with van der Waals surface area (Å²) in [4.78, 5) is 34.5. The number of carbonyl (C=O) groups is 2. The van der Waals surface area contributed by atoms with Crippen LogP contribution < -0.4 is 5.32 Å². The van der Waals surface area contributed by atoms with Gasteiger partial charge in [-0.3, -0.25) is 19.8 Å². The summed E-state index contributed by atoms with van der Waals surface area (Å²) >= 11 is 6.61. The van der Waals surface area contributed by atoms with Gasteiger partial charge in [-0.05, 0) is 43.9 Å². The topological polar surface area (TPSA) is 96.2 Å². The number of nitrogens with zero attached hydrogens (tertiary/aromatic N) is 6. The first-order valence-electron chi connectivity index (χ1n) is 12.6. The smallest absolute Gasteiger partial charge is 0.259 e. The average Bonchev–Trinajstić information content (AvgIpc) is 3.39. The maximum Gasteiger partial charge on any atom is 0.259 e. The minimum atomic E-state index is -0.781. The van der Waals surface area contributed by atoms with Crippen molar-refractivity contribution in [2.24, 2.45) is 0 Å². The Kier molecular flexibility index (Phi) is 7.76. The number of halogens is 2. The molecule has 194 valence electrons. The molecule has 0 aliphatic carbocycles. The van der Waals surface area contributed by atoms with E-state index < -0.39 is 6.17 Å². The van der Waals surface area contributed by atoms with E-state index in [0.29, 0.717) is 61.2 Å². The highest BCUT2D eigenvalue weighted by Crippen LogP contribution is 2.34. The third-order valence-electron chi connectivity index (χ3n) is 6.89. The van der Waals surface area contributed by atoms with Crippen LogP contribution in [0, 0.1) is 0 Å². The lowest BCUT2D eigenvalue weighted by Gasteiger charge is -2.26. The van der Waals surface area contributed by atoms with Gasteiger partial charge in [-0.1, -0.05) is 23.7 Å². The molecule has 2 fully saturated rings. The summed E-state index contributed by atoms with van der Waals surface area (Å²) in [7, 11) is 0. The number of fused-ring (bicyclic) bond motifs is 1. The number of alkyl halides is 1. The van der Waals surface area contributed by atoms with E-state index in [2.05, 4.69) is 20.5 Å². The van der Waals surface area contributed by atoms with Crippen molar-refractivity contribution in [3.05, 3.63) is 59.4 Å². The molecule has 4 heterocycles. The molecule has 11 heteroatoms. The van der Waals surface area contributed by atoms with Gasteiger partial charge in [0.2, 0.25) is 11.9 Å². The highest BCUT2D eigenvalue weighted by atomic mass is 35.5. The molecular formula is C26H29ClFN7O2. The molecule has 2 saturated heterocycles. The predicted molar refractivity (Wildman–Crippen MR) is 139 cm³/mol. The number of hydrogen-bond donors (Lipinski definition) is 1. The number of para-hydroxylation sites is 1. The molecule has 0 spiro atoms. The van der Waals surface area contributed by atoms with E-state index >= 15 is 0 Å². The van der Waals surface area contributed by atoms with Crippen molar-refractivity contribution >= 4 is 40.4 Å². The van der Waals surface area contributed by atoms with Crippen LogP contribution in [-0.4, -0.2) is 80.3 Å². The molecule has 2 atom stereocenters. The Bertz CT molecular complexity index is 1300. The van der Waals surface area contributed by atoms with Crippen LogP contribution in [0.25, 0.3) is 11.0 Å². The second-order valence-corrected chi connectivity index (χ2v) is 9.89. The van der Waals surface area contributed by atoms with Crippen molar-refractivity contribution in [3.8, 4) is 0 Å². The Balaban J connectivity index is 1.39. The number of anilines is 1. The number of carbonyl (C=O) groups excluding carboxylic acids is 2. The number of rotatable bonds is 6. The monoisotopic (exact) mass is 525 g/mol. The number of likely N-dealkylation sites (tertiary alicyclic amines) is 2. The zero-order valence-electron chi connectivity index (χ0n) is 20.4. The van der Waals surface area contributed by atoms with Crippen molar-refractivity contribution in [3.63, 3.8) is 0 Å². The van der Waals surface area contributed by atoms with E-state index in [9.17, 15) is 14.0 Å². The van der Waals surface area contributed by atoms with Gasteiger partial charge in [0.1, 0.15) is 6.17 Å². The SMILES string of the molecule is O=C(Nc1nc2cccc(Cl)c2n1C1CCCCN(C(=O)C=CCN2CCC(F)C2)C1)c1ccnnc1. The molecule has 3 aromatic rings. The Hall–Kier alpha value is -3.37. The van der Waals surface area contributed by atoms with Gasteiger partial charge < -0.3 is 9.47 Å². The summed E-state index contributed by atoms with van der Waals surface area (Å²) < 4.78 is 15.4. The second-order valence-electron chi connectivity index (χ2n) is 9.48. The molecule has 5 rings (SSSR count). The van der Waals surface area contributed by atoms with Crippen molar-refractivity contribution in [1.82, 2.24) is 29.5 Å². The van der Waals surface area contributed by atoms with Crippen molar-refractivity contribution in [2.45, 2.75) is 37.9 Å². The number of hydrogen-bond acceptors (Lipinski definition) is 6. The summed E-state index contributed by atoms with van der Waals surface area (Å²) in [6, 6.07) is 6.91. The molecule has 2 aliphatic heterocycles. The fourth-order valence-corrected chi connectivity index (χ4v) is 5.30. The third kappa shape index (κ3) is 5.80. The average molecular weight is 526 g/mol. The Labute approximate surface area is 219 Å². The highest BCUT2D eigenvalue weighted by Gasteiger charge is 2.28. The van der Waals surface area contributed by atoms with Crippen LogP contribution >= 0.6 is 11.6 Å². The fraction of sp³-hybridized carbons (Fsp3) is 0.423. The van der Waals surface area contributed by atoms with Crippen LogP contribution in [0.3, 0.4) is 0 Å². The van der Waals surface area contributed by atoms with E-state index in [4.69, 9.17) is 11.6 Å². The molecule has 1 N–H and O–H groups in total. The minimum absolute atomic E-state index is 0.0770. The zero-order chi connectivity index (χ0) is 25.8. The second kappa shape index (κ2) is 11.4. The van der Waals surface area contributed by atoms with E-state index in [1.807, 2.05) is 32.6 Å². The zero-order valence-corrected chi connectivity index (χ0v) is 21.1.